The highest BCUT2D eigenvalue weighted by atomic mass is 16.2. The van der Waals surface area contributed by atoms with E-state index < -0.39 is 0 Å². The second-order valence-corrected chi connectivity index (χ2v) is 7.17. The number of carbonyl (C=O) groups excluding carboxylic acids is 2. The third-order valence-electron chi connectivity index (χ3n) is 4.80. The quantitative estimate of drug-likeness (QED) is 0.905. The molecular weight excluding hydrogens is 338 g/mol. The van der Waals surface area contributed by atoms with E-state index in [-0.39, 0.29) is 23.9 Å². The topological polar surface area (TPSA) is 52.7 Å². The molecule has 0 unspecified atom stereocenters. The van der Waals surface area contributed by atoms with Gasteiger partial charge in [0.1, 0.15) is 0 Å². The first-order chi connectivity index (χ1) is 13.1. The first kappa shape index (κ1) is 19.0. The molecule has 3 rings (SSSR count). The summed E-state index contributed by atoms with van der Waals surface area (Å²) in [7, 11) is 0. The van der Waals surface area contributed by atoms with Crippen molar-refractivity contribution in [3.8, 4) is 0 Å². The molecule has 0 saturated carbocycles. The van der Waals surface area contributed by atoms with Crippen molar-refractivity contribution in [2.24, 2.45) is 0 Å². The predicted molar refractivity (Wildman–Crippen MR) is 107 cm³/mol. The molecule has 2 aromatic rings. The van der Waals surface area contributed by atoms with E-state index in [1.165, 1.54) is 0 Å². The minimum atomic E-state index is -0.316. The van der Waals surface area contributed by atoms with Crippen LogP contribution >= 0.6 is 0 Å². The lowest BCUT2D eigenvalue weighted by molar-refractivity contribution is -0.133. The molecule has 0 bridgehead atoms. The Hall–Kier alpha value is -2.82. The molecule has 0 atom stereocenters. The fraction of sp³-hybridized carbons (Fsp3) is 0.364. The van der Waals surface area contributed by atoms with Gasteiger partial charge in [-0.15, -0.1) is 0 Å². The summed E-state index contributed by atoms with van der Waals surface area (Å²) >= 11 is 0. The van der Waals surface area contributed by atoms with Gasteiger partial charge < -0.3 is 15.1 Å². The molecule has 0 radical (unpaired) electrons. The van der Waals surface area contributed by atoms with E-state index in [1.807, 2.05) is 79.4 Å². The molecule has 5 nitrogen and oxygen atoms in total. The predicted octanol–water partition coefficient (Wildman–Crippen LogP) is 3.08. The number of piperazine rings is 1. The van der Waals surface area contributed by atoms with Crippen LogP contribution in [0.4, 0.5) is 4.79 Å². The Morgan fingerprint density at radius 2 is 1.22 bits per heavy atom. The highest BCUT2D eigenvalue weighted by Gasteiger charge is 2.30. The number of urea groups is 1. The molecule has 1 heterocycles. The summed E-state index contributed by atoms with van der Waals surface area (Å²) in [4.78, 5) is 29.2. The summed E-state index contributed by atoms with van der Waals surface area (Å²) in [5, 5.41) is 2.91. The van der Waals surface area contributed by atoms with Crippen molar-refractivity contribution in [2.75, 3.05) is 26.2 Å². The Bertz CT molecular complexity index is 714. The van der Waals surface area contributed by atoms with Crippen molar-refractivity contribution in [1.82, 2.24) is 15.1 Å². The lowest BCUT2D eigenvalue weighted by Crippen LogP contribution is -2.54. The summed E-state index contributed by atoms with van der Waals surface area (Å²) in [6, 6.07) is 19.8. The molecule has 1 N–H and O–H groups in total. The largest absolute Gasteiger partial charge is 0.338 e. The van der Waals surface area contributed by atoms with Gasteiger partial charge >= 0.3 is 6.03 Å². The lowest BCUT2D eigenvalue weighted by atomic mass is 9.90. The van der Waals surface area contributed by atoms with Crippen LogP contribution in [-0.2, 0) is 4.79 Å². The normalized spacial score (nSPS) is 14.5. The number of hydrogen-bond acceptors (Lipinski definition) is 2. The summed E-state index contributed by atoms with van der Waals surface area (Å²) < 4.78 is 0. The van der Waals surface area contributed by atoms with Crippen molar-refractivity contribution in [2.45, 2.75) is 25.8 Å². The van der Waals surface area contributed by atoms with E-state index in [1.54, 1.807) is 4.90 Å². The van der Waals surface area contributed by atoms with E-state index in [0.29, 0.717) is 26.2 Å². The maximum absolute atomic E-state index is 13.4. The molecule has 5 heteroatoms. The van der Waals surface area contributed by atoms with E-state index in [9.17, 15) is 9.59 Å². The summed E-state index contributed by atoms with van der Waals surface area (Å²) in [5.41, 5.74) is 1.99. The summed E-state index contributed by atoms with van der Waals surface area (Å²) in [6.45, 7) is 6.12. The molecule has 27 heavy (non-hydrogen) atoms. The van der Waals surface area contributed by atoms with Crippen molar-refractivity contribution >= 4 is 11.9 Å². The first-order valence-electron chi connectivity index (χ1n) is 9.50. The molecule has 0 aliphatic carbocycles. The van der Waals surface area contributed by atoms with Crippen LogP contribution < -0.4 is 5.32 Å². The van der Waals surface area contributed by atoms with Gasteiger partial charge in [-0.25, -0.2) is 4.79 Å². The maximum Gasteiger partial charge on any atom is 0.317 e. The third-order valence-corrected chi connectivity index (χ3v) is 4.80. The van der Waals surface area contributed by atoms with E-state index in [2.05, 4.69) is 5.32 Å². The van der Waals surface area contributed by atoms with Crippen molar-refractivity contribution < 1.29 is 9.59 Å². The number of carbonyl (C=O) groups is 2. The first-order valence-corrected chi connectivity index (χ1v) is 9.50. The summed E-state index contributed by atoms with van der Waals surface area (Å²) in [6.07, 6.45) is 0. The Morgan fingerprint density at radius 1 is 0.778 bits per heavy atom. The number of amides is 3. The molecular formula is C22H27N3O2. The van der Waals surface area contributed by atoms with E-state index in [4.69, 9.17) is 0 Å². The van der Waals surface area contributed by atoms with Crippen LogP contribution in [0.25, 0.3) is 0 Å². The zero-order chi connectivity index (χ0) is 19.2. The Labute approximate surface area is 161 Å². The van der Waals surface area contributed by atoms with Gasteiger partial charge in [0.05, 0.1) is 5.92 Å². The number of rotatable bonds is 4. The highest BCUT2D eigenvalue weighted by Crippen LogP contribution is 2.27. The van der Waals surface area contributed by atoms with Crippen LogP contribution in [0.3, 0.4) is 0 Å². The fourth-order valence-electron chi connectivity index (χ4n) is 3.42. The molecule has 142 valence electrons. The van der Waals surface area contributed by atoms with E-state index >= 15 is 0 Å². The molecule has 0 spiro atoms. The zero-order valence-corrected chi connectivity index (χ0v) is 16.0. The minimum Gasteiger partial charge on any atom is -0.338 e. The SMILES string of the molecule is CC(C)NC(=O)N1CCN(C(=O)C(c2ccccc2)c2ccccc2)CC1. The Morgan fingerprint density at radius 3 is 1.67 bits per heavy atom. The second-order valence-electron chi connectivity index (χ2n) is 7.17. The van der Waals surface area contributed by atoms with Gasteiger partial charge in [0, 0.05) is 32.2 Å². The number of nitrogens with one attached hydrogen (secondary N) is 1. The second kappa shape index (κ2) is 8.71. The zero-order valence-electron chi connectivity index (χ0n) is 16.0. The van der Waals surface area contributed by atoms with Crippen molar-refractivity contribution in [3.05, 3.63) is 71.8 Å². The van der Waals surface area contributed by atoms with Crippen LogP contribution in [0.1, 0.15) is 30.9 Å². The van der Waals surface area contributed by atoms with Gasteiger partial charge in [0.25, 0.3) is 0 Å². The van der Waals surface area contributed by atoms with Crippen LogP contribution in [0.5, 0.6) is 0 Å². The smallest absolute Gasteiger partial charge is 0.317 e. The average molecular weight is 365 g/mol. The van der Waals surface area contributed by atoms with Crippen LogP contribution in [0.15, 0.2) is 60.7 Å². The van der Waals surface area contributed by atoms with Gasteiger partial charge in [-0.1, -0.05) is 60.7 Å². The van der Waals surface area contributed by atoms with Crippen LogP contribution in [0, 0.1) is 0 Å². The van der Waals surface area contributed by atoms with Crippen LogP contribution in [0.2, 0.25) is 0 Å². The molecule has 1 aliphatic heterocycles. The summed E-state index contributed by atoms with van der Waals surface area (Å²) in [5.74, 6) is -0.222. The lowest BCUT2D eigenvalue weighted by Gasteiger charge is -2.37. The van der Waals surface area contributed by atoms with Gasteiger partial charge in [-0.2, -0.15) is 0 Å². The number of nitrogens with zero attached hydrogens (tertiary/aromatic N) is 2. The van der Waals surface area contributed by atoms with Gasteiger partial charge in [0.15, 0.2) is 0 Å². The molecule has 2 aromatic carbocycles. The standard InChI is InChI=1S/C22H27N3O2/c1-17(2)23-22(27)25-15-13-24(14-16-25)21(26)20(18-9-5-3-6-10-18)19-11-7-4-8-12-19/h3-12,17,20H,13-16H2,1-2H3,(H,23,27). The monoisotopic (exact) mass is 365 g/mol. The van der Waals surface area contributed by atoms with Crippen LogP contribution in [-0.4, -0.2) is 54.0 Å². The number of hydrogen-bond donors (Lipinski definition) is 1. The molecule has 1 aliphatic rings. The van der Waals surface area contributed by atoms with Gasteiger partial charge in [-0.05, 0) is 25.0 Å². The number of benzene rings is 2. The van der Waals surface area contributed by atoms with E-state index in [0.717, 1.165) is 11.1 Å². The third kappa shape index (κ3) is 4.67. The molecule has 1 fully saturated rings. The molecule has 3 amide bonds. The van der Waals surface area contributed by atoms with Crippen molar-refractivity contribution in [1.29, 1.82) is 0 Å². The minimum absolute atomic E-state index is 0.0558. The maximum atomic E-state index is 13.4. The van der Waals surface area contributed by atoms with Crippen molar-refractivity contribution in [3.63, 3.8) is 0 Å². The Kier molecular flexibility index (Phi) is 6.12. The van der Waals surface area contributed by atoms with Gasteiger partial charge in [-0.3, -0.25) is 4.79 Å². The molecule has 0 aromatic heterocycles. The Balaban J connectivity index is 1.74. The fourth-order valence-corrected chi connectivity index (χ4v) is 3.42. The van der Waals surface area contributed by atoms with Gasteiger partial charge in [0.2, 0.25) is 5.91 Å². The average Bonchev–Trinajstić information content (AvgIpc) is 2.69. The highest BCUT2D eigenvalue weighted by molar-refractivity contribution is 5.87. The molecule has 1 saturated heterocycles.